The minimum Gasteiger partial charge on any atom is -0.350 e. The molecular weight excluding hydrogens is 409 g/mol. The Labute approximate surface area is 166 Å². The fourth-order valence-corrected chi connectivity index (χ4v) is 3.91. The Kier molecular flexibility index (Phi) is 5.85. The zero-order valence-electron chi connectivity index (χ0n) is 14.1. The van der Waals surface area contributed by atoms with Crippen molar-refractivity contribution in [3.05, 3.63) is 67.7 Å². The van der Waals surface area contributed by atoms with E-state index in [4.69, 9.17) is 0 Å². The maximum Gasteiger partial charge on any atom is 0.324 e. The largest absolute Gasteiger partial charge is 0.350 e. The number of hydrogen-bond donors (Lipinski definition) is 1. The molecule has 1 aliphatic heterocycles. The number of nitrogens with one attached hydrogen (secondary N) is 1. The van der Waals surface area contributed by atoms with Crippen molar-refractivity contribution in [3.8, 4) is 0 Å². The number of halogens is 1. The first-order valence-electron chi connectivity index (χ1n) is 7.88. The number of benzene rings is 1. The van der Waals surface area contributed by atoms with Crippen LogP contribution in [0.5, 0.6) is 0 Å². The lowest BCUT2D eigenvalue weighted by atomic mass is 10.2. The lowest BCUT2D eigenvalue weighted by Gasteiger charge is -2.12. The van der Waals surface area contributed by atoms with Crippen LogP contribution in [0, 0.1) is 15.9 Å². The number of nitrogens with zero attached hydrogens (tertiary/aromatic N) is 2. The second-order valence-electron chi connectivity index (χ2n) is 5.54. The number of imide groups is 1. The molecule has 1 aliphatic rings. The summed E-state index contributed by atoms with van der Waals surface area (Å²) >= 11 is 1.52. The third-order valence-electron chi connectivity index (χ3n) is 3.71. The number of rotatable bonds is 6. The molecule has 0 aliphatic carbocycles. The van der Waals surface area contributed by atoms with Gasteiger partial charge < -0.3 is 5.32 Å². The van der Waals surface area contributed by atoms with Gasteiger partial charge in [-0.05, 0) is 23.9 Å². The average Bonchev–Trinajstić information content (AvgIpc) is 3.25. The molecule has 1 aromatic heterocycles. The molecule has 2 heterocycles. The van der Waals surface area contributed by atoms with E-state index in [2.05, 4.69) is 5.32 Å². The molecule has 0 saturated carbocycles. The van der Waals surface area contributed by atoms with Crippen LogP contribution >= 0.6 is 23.1 Å². The first-order valence-corrected chi connectivity index (χ1v) is 9.57. The fourth-order valence-electron chi connectivity index (χ4n) is 2.35. The number of carbonyl (C=O) groups excluding carboxylic acids is 3. The van der Waals surface area contributed by atoms with E-state index in [0.717, 1.165) is 22.3 Å². The molecule has 144 valence electrons. The third kappa shape index (κ3) is 4.26. The van der Waals surface area contributed by atoms with Gasteiger partial charge in [-0.3, -0.25) is 29.4 Å². The Bertz CT molecular complexity index is 1000. The van der Waals surface area contributed by atoms with Gasteiger partial charge in [0.25, 0.3) is 17.1 Å². The van der Waals surface area contributed by atoms with Crippen molar-refractivity contribution in [1.82, 2.24) is 10.2 Å². The quantitative estimate of drug-likeness (QED) is 0.436. The number of thiophene rings is 1. The van der Waals surface area contributed by atoms with E-state index in [1.807, 2.05) is 0 Å². The van der Waals surface area contributed by atoms with Gasteiger partial charge in [-0.2, -0.15) is 0 Å². The molecule has 3 amide bonds. The van der Waals surface area contributed by atoms with Gasteiger partial charge in [-0.1, -0.05) is 29.5 Å². The van der Waals surface area contributed by atoms with Gasteiger partial charge in [-0.25, -0.2) is 4.39 Å². The molecule has 8 nitrogen and oxygen atoms in total. The smallest absolute Gasteiger partial charge is 0.324 e. The second kappa shape index (κ2) is 8.31. The molecule has 2 aromatic rings. The summed E-state index contributed by atoms with van der Waals surface area (Å²) in [5, 5.41) is 13.8. The molecule has 11 heteroatoms. The van der Waals surface area contributed by atoms with Crippen LogP contribution in [0.1, 0.15) is 15.9 Å². The van der Waals surface area contributed by atoms with Crippen molar-refractivity contribution < 1.29 is 23.7 Å². The Hall–Kier alpha value is -3.05. The van der Waals surface area contributed by atoms with Crippen LogP contribution in [-0.2, 0) is 4.79 Å². The van der Waals surface area contributed by atoms with E-state index in [1.54, 1.807) is 6.07 Å². The van der Waals surface area contributed by atoms with Crippen LogP contribution < -0.4 is 5.32 Å². The van der Waals surface area contributed by atoms with Gasteiger partial charge in [0.2, 0.25) is 0 Å². The minimum absolute atomic E-state index is 0.0203. The van der Waals surface area contributed by atoms with Gasteiger partial charge in [-0.15, -0.1) is 0 Å². The van der Waals surface area contributed by atoms with E-state index in [0.29, 0.717) is 11.8 Å². The van der Waals surface area contributed by atoms with Crippen LogP contribution in [0.2, 0.25) is 0 Å². The SMILES string of the molecule is O=C(NCCN1C(=O)SC(=Cc2ccccc2F)C1=O)c1csc([N+](=O)[O-])c1. The molecule has 28 heavy (non-hydrogen) atoms. The predicted octanol–water partition coefficient (Wildman–Crippen LogP) is 3.26. The number of nitro groups is 1. The minimum atomic E-state index is -0.594. The molecule has 1 fully saturated rings. The van der Waals surface area contributed by atoms with Gasteiger partial charge in [0.15, 0.2) is 0 Å². The first kappa shape index (κ1) is 19.7. The maximum absolute atomic E-state index is 13.7. The highest BCUT2D eigenvalue weighted by Gasteiger charge is 2.34. The average molecular weight is 421 g/mol. The molecule has 0 atom stereocenters. The Morgan fingerprint density at radius 1 is 1.32 bits per heavy atom. The van der Waals surface area contributed by atoms with Crippen molar-refractivity contribution in [2.45, 2.75) is 0 Å². The van der Waals surface area contributed by atoms with Crippen LogP contribution in [0.3, 0.4) is 0 Å². The van der Waals surface area contributed by atoms with E-state index >= 15 is 0 Å². The summed E-state index contributed by atoms with van der Waals surface area (Å²) < 4.78 is 13.7. The molecule has 1 saturated heterocycles. The summed E-state index contributed by atoms with van der Waals surface area (Å²) in [6.45, 7) is -0.0925. The zero-order chi connectivity index (χ0) is 20.3. The molecule has 1 N–H and O–H groups in total. The van der Waals surface area contributed by atoms with Gasteiger partial charge in [0.05, 0.1) is 15.4 Å². The van der Waals surface area contributed by atoms with Crippen LogP contribution in [0.25, 0.3) is 6.08 Å². The van der Waals surface area contributed by atoms with Crippen molar-refractivity contribution in [3.63, 3.8) is 0 Å². The normalized spacial score (nSPS) is 15.3. The van der Waals surface area contributed by atoms with E-state index < -0.39 is 27.8 Å². The summed E-state index contributed by atoms with van der Waals surface area (Å²) in [4.78, 5) is 47.5. The van der Waals surface area contributed by atoms with Crippen LogP contribution in [0.4, 0.5) is 14.2 Å². The third-order valence-corrected chi connectivity index (χ3v) is 5.50. The molecule has 0 spiro atoms. The topological polar surface area (TPSA) is 110 Å². The number of thioether (sulfide) groups is 1. The summed E-state index contributed by atoms with van der Waals surface area (Å²) in [6, 6.07) is 7.02. The number of hydrogen-bond acceptors (Lipinski definition) is 7. The highest BCUT2D eigenvalue weighted by atomic mass is 32.2. The van der Waals surface area contributed by atoms with Crippen LogP contribution in [0.15, 0.2) is 40.6 Å². The molecule has 0 bridgehead atoms. The lowest BCUT2D eigenvalue weighted by molar-refractivity contribution is -0.380. The predicted molar refractivity (Wildman–Crippen MR) is 102 cm³/mol. The first-order chi connectivity index (χ1) is 13.4. The zero-order valence-corrected chi connectivity index (χ0v) is 15.7. The maximum atomic E-state index is 13.7. The van der Waals surface area contributed by atoms with Crippen molar-refractivity contribution >= 4 is 51.2 Å². The van der Waals surface area contributed by atoms with Gasteiger partial charge in [0, 0.05) is 30.1 Å². The molecule has 0 unspecified atom stereocenters. The number of carbonyl (C=O) groups is 3. The Balaban J connectivity index is 1.59. The van der Waals surface area contributed by atoms with Gasteiger partial charge >= 0.3 is 5.00 Å². The fraction of sp³-hybridized carbons (Fsp3) is 0.118. The summed E-state index contributed by atoms with van der Waals surface area (Å²) in [6.07, 6.45) is 1.31. The van der Waals surface area contributed by atoms with E-state index in [-0.39, 0.29) is 34.1 Å². The van der Waals surface area contributed by atoms with E-state index in [9.17, 15) is 28.9 Å². The second-order valence-corrected chi connectivity index (χ2v) is 7.42. The Morgan fingerprint density at radius 2 is 2.07 bits per heavy atom. The Morgan fingerprint density at radius 3 is 2.75 bits per heavy atom. The van der Waals surface area contributed by atoms with Crippen LogP contribution in [-0.4, -0.2) is 40.0 Å². The summed E-state index contributed by atoms with van der Waals surface area (Å²) in [5.41, 5.74) is 0.325. The van der Waals surface area contributed by atoms with E-state index in [1.165, 1.54) is 29.7 Å². The molecule has 0 radical (unpaired) electrons. The van der Waals surface area contributed by atoms with Crippen molar-refractivity contribution in [1.29, 1.82) is 0 Å². The standard InChI is InChI=1S/C17H12FN3O5S2/c18-12-4-2-1-3-10(12)7-13-16(23)20(17(24)28-13)6-5-19-15(22)11-8-14(21(25)26)27-9-11/h1-4,7-9H,5-6H2,(H,19,22). The number of amides is 3. The molecule has 1 aromatic carbocycles. The van der Waals surface area contributed by atoms with Gasteiger partial charge in [0.1, 0.15) is 5.82 Å². The molecular formula is C17H12FN3O5S2. The lowest BCUT2D eigenvalue weighted by Crippen LogP contribution is -2.37. The summed E-state index contributed by atoms with van der Waals surface area (Å²) in [5.74, 6) is -1.62. The highest BCUT2D eigenvalue weighted by Crippen LogP contribution is 2.32. The van der Waals surface area contributed by atoms with Crippen molar-refractivity contribution in [2.75, 3.05) is 13.1 Å². The monoisotopic (exact) mass is 421 g/mol. The van der Waals surface area contributed by atoms with Crippen molar-refractivity contribution in [2.24, 2.45) is 0 Å². The highest BCUT2D eigenvalue weighted by molar-refractivity contribution is 8.18. The molecule has 3 rings (SSSR count). The summed E-state index contributed by atoms with van der Waals surface area (Å²) in [7, 11) is 0.